The summed E-state index contributed by atoms with van der Waals surface area (Å²) in [4.78, 5) is 15.6. The minimum atomic E-state index is 0.110. The molecule has 11 rings (SSSR count). The van der Waals surface area contributed by atoms with Crippen molar-refractivity contribution >= 4 is 43.4 Å². The number of hydrogen-bond acceptors (Lipinski definition) is 3. The SMILES string of the molecule is CC1(C)CCC(C)(C)c2cc3c(cc21)c1ccccc1n3-c1ccc(-c2nc(-c3ccc4cc(-c5ccccc5)ccc4c3)nc(-c3cccc4ccccc34)n2)cc1. The van der Waals surface area contributed by atoms with Gasteiger partial charge < -0.3 is 4.57 Å². The van der Waals surface area contributed by atoms with E-state index in [0.717, 1.165) is 38.5 Å². The third-order valence-corrected chi connectivity index (χ3v) is 12.9. The van der Waals surface area contributed by atoms with Crippen molar-refractivity contribution in [1.82, 2.24) is 19.5 Å². The average Bonchev–Trinajstić information content (AvgIpc) is 3.61. The number of fused-ring (bicyclic) bond motifs is 6. The largest absolute Gasteiger partial charge is 0.309 e. The van der Waals surface area contributed by atoms with Crippen molar-refractivity contribution in [3.05, 3.63) is 181 Å². The number of aromatic nitrogens is 4. The van der Waals surface area contributed by atoms with Crippen LogP contribution in [0.15, 0.2) is 170 Å². The Morgan fingerprint density at radius 1 is 0.390 bits per heavy atom. The summed E-state index contributed by atoms with van der Waals surface area (Å²) >= 11 is 0. The molecule has 0 saturated heterocycles. The van der Waals surface area contributed by atoms with E-state index in [2.05, 4.69) is 202 Å². The van der Waals surface area contributed by atoms with Crippen LogP contribution >= 0.6 is 0 Å². The van der Waals surface area contributed by atoms with E-state index in [0.29, 0.717) is 17.5 Å². The van der Waals surface area contributed by atoms with E-state index in [-0.39, 0.29) is 10.8 Å². The molecule has 284 valence electrons. The highest BCUT2D eigenvalue weighted by atomic mass is 15.0. The van der Waals surface area contributed by atoms with Crippen molar-refractivity contribution in [3.8, 4) is 51.0 Å². The first-order chi connectivity index (χ1) is 28.7. The van der Waals surface area contributed by atoms with Crippen LogP contribution in [0, 0.1) is 0 Å². The summed E-state index contributed by atoms with van der Waals surface area (Å²) in [5.41, 5.74) is 12.0. The van der Waals surface area contributed by atoms with Gasteiger partial charge >= 0.3 is 0 Å². The summed E-state index contributed by atoms with van der Waals surface area (Å²) in [7, 11) is 0. The summed E-state index contributed by atoms with van der Waals surface area (Å²) in [6, 6.07) is 61.0. The molecule has 0 aliphatic heterocycles. The van der Waals surface area contributed by atoms with Crippen LogP contribution in [0.4, 0.5) is 0 Å². The lowest BCUT2D eigenvalue weighted by atomic mass is 9.63. The second-order valence-corrected chi connectivity index (χ2v) is 17.6. The van der Waals surface area contributed by atoms with Gasteiger partial charge in [0.2, 0.25) is 0 Å². The standard InChI is InChI=1S/C55H44N4/c1-54(2)29-30-55(3,4)48-34-50-46(33-47(48)54)44-18-10-11-20-49(44)59(50)42-27-25-37(26-28-42)51-56-52(58-53(57-51)45-19-12-16-36-15-8-9-17-43(36)45)41-24-23-39-31-38(21-22-40(39)32-41)35-13-6-5-7-14-35/h5-28,31-34H,29-30H2,1-4H3. The molecule has 0 amide bonds. The molecule has 2 aromatic heterocycles. The molecule has 0 saturated carbocycles. The molecule has 4 heteroatoms. The van der Waals surface area contributed by atoms with Crippen LogP contribution in [0.25, 0.3) is 94.3 Å². The molecule has 10 aromatic rings. The van der Waals surface area contributed by atoms with Gasteiger partial charge in [0.1, 0.15) is 0 Å². The molecular weight excluding hydrogens is 717 g/mol. The van der Waals surface area contributed by atoms with Gasteiger partial charge in [0.25, 0.3) is 0 Å². The fourth-order valence-corrected chi connectivity index (χ4v) is 9.44. The van der Waals surface area contributed by atoms with E-state index in [1.54, 1.807) is 0 Å². The van der Waals surface area contributed by atoms with E-state index in [4.69, 9.17) is 15.0 Å². The Hall–Kier alpha value is -6.91. The zero-order valence-corrected chi connectivity index (χ0v) is 33.9. The van der Waals surface area contributed by atoms with Crippen molar-refractivity contribution in [2.45, 2.75) is 51.4 Å². The molecule has 8 aromatic carbocycles. The van der Waals surface area contributed by atoms with E-state index in [1.165, 1.54) is 62.3 Å². The number of benzene rings is 8. The van der Waals surface area contributed by atoms with E-state index < -0.39 is 0 Å². The van der Waals surface area contributed by atoms with Crippen molar-refractivity contribution in [2.75, 3.05) is 0 Å². The summed E-state index contributed by atoms with van der Waals surface area (Å²) in [5.74, 6) is 1.95. The lowest BCUT2D eigenvalue weighted by Gasteiger charge is -2.42. The fraction of sp³-hybridized carbons (Fsp3) is 0.145. The Labute approximate surface area is 344 Å². The average molecular weight is 761 g/mol. The Balaban J connectivity index is 1.05. The predicted octanol–water partition coefficient (Wildman–Crippen LogP) is 14.3. The number of nitrogens with zero attached hydrogens (tertiary/aromatic N) is 4. The van der Waals surface area contributed by atoms with Crippen molar-refractivity contribution in [2.24, 2.45) is 0 Å². The molecule has 2 heterocycles. The first-order valence-corrected chi connectivity index (χ1v) is 20.7. The van der Waals surface area contributed by atoms with Crippen molar-refractivity contribution in [3.63, 3.8) is 0 Å². The Morgan fingerprint density at radius 2 is 0.966 bits per heavy atom. The molecule has 0 bridgehead atoms. The van der Waals surface area contributed by atoms with Gasteiger partial charge in [-0.05, 0) is 122 Å². The van der Waals surface area contributed by atoms with Crippen LogP contribution in [0.2, 0.25) is 0 Å². The predicted molar refractivity (Wildman–Crippen MR) is 246 cm³/mol. The molecule has 0 N–H and O–H groups in total. The maximum Gasteiger partial charge on any atom is 0.164 e. The molecule has 0 spiro atoms. The third-order valence-electron chi connectivity index (χ3n) is 12.9. The van der Waals surface area contributed by atoms with Gasteiger partial charge in [-0.25, -0.2) is 15.0 Å². The fourth-order valence-electron chi connectivity index (χ4n) is 9.44. The van der Waals surface area contributed by atoms with E-state index in [1.807, 2.05) is 0 Å². The molecule has 4 nitrogen and oxygen atoms in total. The molecule has 0 radical (unpaired) electrons. The smallest absolute Gasteiger partial charge is 0.164 e. The van der Waals surface area contributed by atoms with Gasteiger partial charge in [-0.15, -0.1) is 0 Å². The van der Waals surface area contributed by atoms with Gasteiger partial charge in [0.15, 0.2) is 17.5 Å². The topological polar surface area (TPSA) is 43.6 Å². The third kappa shape index (κ3) is 5.93. The van der Waals surface area contributed by atoms with Crippen LogP contribution < -0.4 is 0 Å². The van der Waals surface area contributed by atoms with Gasteiger partial charge in [-0.3, -0.25) is 0 Å². The molecule has 0 fully saturated rings. The zero-order valence-electron chi connectivity index (χ0n) is 33.9. The number of para-hydroxylation sites is 1. The first-order valence-electron chi connectivity index (χ1n) is 20.7. The normalized spacial score (nSPS) is 14.6. The summed E-state index contributed by atoms with van der Waals surface area (Å²) in [5, 5.41) is 7.16. The Morgan fingerprint density at radius 3 is 1.73 bits per heavy atom. The highest BCUT2D eigenvalue weighted by Gasteiger charge is 2.38. The van der Waals surface area contributed by atoms with Gasteiger partial charge in [-0.1, -0.05) is 143 Å². The van der Waals surface area contributed by atoms with Crippen molar-refractivity contribution in [1.29, 1.82) is 0 Å². The molecule has 1 aliphatic rings. The van der Waals surface area contributed by atoms with Gasteiger partial charge in [-0.2, -0.15) is 0 Å². The van der Waals surface area contributed by atoms with Crippen LogP contribution in [0.3, 0.4) is 0 Å². The highest BCUT2D eigenvalue weighted by Crippen LogP contribution is 2.48. The lowest BCUT2D eigenvalue weighted by Crippen LogP contribution is -2.33. The van der Waals surface area contributed by atoms with Crippen LogP contribution in [0.5, 0.6) is 0 Å². The molecule has 0 atom stereocenters. The first kappa shape index (κ1) is 35.3. The maximum absolute atomic E-state index is 5.20. The zero-order chi connectivity index (χ0) is 39.9. The monoisotopic (exact) mass is 760 g/mol. The summed E-state index contributed by atoms with van der Waals surface area (Å²) in [6.07, 6.45) is 2.37. The minimum Gasteiger partial charge on any atom is -0.309 e. The molecular formula is C55H44N4. The summed E-state index contributed by atoms with van der Waals surface area (Å²) in [6.45, 7) is 9.63. The minimum absolute atomic E-state index is 0.110. The van der Waals surface area contributed by atoms with Gasteiger partial charge in [0, 0.05) is 33.2 Å². The van der Waals surface area contributed by atoms with Crippen molar-refractivity contribution < 1.29 is 0 Å². The number of hydrogen-bond donors (Lipinski definition) is 0. The van der Waals surface area contributed by atoms with E-state index in [9.17, 15) is 0 Å². The Kier molecular flexibility index (Phi) is 7.96. The second kappa shape index (κ2) is 13.3. The summed E-state index contributed by atoms with van der Waals surface area (Å²) < 4.78 is 2.44. The molecule has 1 aliphatic carbocycles. The second-order valence-electron chi connectivity index (χ2n) is 17.6. The molecule has 0 unspecified atom stereocenters. The van der Waals surface area contributed by atoms with Gasteiger partial charge in [0.05, 0.1) is 11.0 Å². The molecule has 59 heavy (non-hydrogen) atoms. The highest BCUT2D eigenvalue weighted by molar-refractivity contribution is 6.10. The lowest BCUT2D eigenvalue weighted by molar-refractivity contribution is 0.332. The van der Waals surface area contributed by atoms with Crippen LogP contribution in [0.1, 0.15) is 51.7 Å². The quantitative estimate of drug-likeness (QED) is 0.175. The number of rotatable bonds is 5. The van der Waals surface area contributed by atoms with E-state index >= 15 is 0 Å². The van der Waals surface area contributed by atoms with Crippen LogP contribution in [-0.4, -0.2) is 19.5 Å². The van der Waals surface area contributed by atoms with Crippen LogP contribution in [-0.2, 0) is 10.8 Å². The maximum atomic E-state index is 5.20. The Bertz CT molecular complexity index is 3260.